The Balaban J connectivity index is 2.00. The van der Waals surface area contributed by atoms with E-state index in [-0.39, 0.29) is 18.6 Å². The molecule has 20 heavy (non-hydrogen) atoms. The predicted octanol–water partition coefficient (Wildman–Crippen LogP) is 2.36. The van der Waals surface area contributed by atoms with Crippen molar-refractivity contribution in [2.24, 2.45) is 5.92 Å². The third-order valence-corrected chi connectivity index (χ3v) is 2.96. The maximum absolute atomic E-state index is 11.6. The summed E-state index contributed by atoms with van der Waals surface area (Å²) >= 11 is 6.04. The van der Waals surface area contributed by atoms with Gasteiger partial charge in [-0.1, -0.05) is 11.6 Å². The van der Waals surface area contributed by atoms with Crippen molar-refractivity contribution in [1.82, 2.24) is 5.32 Å². The van der Waals surface area contributed by atoms with Gasteiger partial charge in [-0.15, -0.1) is 0 Å². The highest BCUT2D eigenvalue weighted by Gasteiger charge is 2.17. The molecule has 0 saturated carbocycles. The van der Waals surface area contributed by atoms with E-state index in [1.165, 1.54) is 6.08 Å². The Labute approximate surface area is 121 Å². The molecule has 1 aromatic carbocycles. The summed E-state index contributed by atoms with van der Waals surface area (Å²) in [6, 6.07) is 5.48. The average molecular weight is 293 g/mol. The lowest BCUT2D eigenvalue weighted by Crippen LogP contribution is -2.25. The summed E-state index contributed by atoms with van der Waals surface area (Å²) in [4.78, 5) is 11.6. The van der Waals surface area contributed by atoms with Crippen molar-refractivity contribution in [3.05, 3.63) is 28.8 Å². The normalized spacial score (nSPS) is 14.1. The molecule has 1 heterocycles. The highest BCUT2D eigenvalue weighted by Crippen LogP contribution is 2.39. The topological polar surface area (TPSA) is 71.4 Å². The van der Waals surface area contributed by atoms with E-state index >= 15 is 0 Å². The lowest BCUT2D eigenvalue weighted by Gasteiger charge is -2.03. The Morgan fingerprint density at radius 3 is 3.15 bits per heavy atom. The largest absolute Gasteiger partial charge is 0.454 e. The average Bonchev–Trinajstić information content (AvgIpc) is 2.91. The minimum atomic E-state index is -0.263. The van der Waals surface area contributed by atoms with Crippen LogP contribution in [0.25, 0.3) is 6.08 Å². The van der Waals surface area contributed by atoms with Crippen molar-refractivity contribution in [1.29, 1.82) is 5.26 Å². The fraction of sp³-hybridized carbons (Fsp3) is 0.286. The Morgan fingerprint density at radius 1 is 1.60 bits per heavy atom. The van der Waals surface area contributed by atoms with Crippen LogP contribution in [-0.2, 0) is 4.79 Å². The van der Waals surface area contributed by atoms with Crippen molar-refractivity contribution in [2.75, 3.05) is 13.3 Å². The number of ether oxygens (including phenoxy) is 2. The van der Waals surface area contributed by atoms with Gasteiger partial charge in [0.1, 0.15) is 0 Å². The maximum Gasteiger partial charge on any atom is 0.244 e. The van der Waals surface area contributed by atoms with Gasteiger partial charge < -0.3 is 14.8 Å². The van der Waals surface area contributed by atoms with E-state index in [2.05, 4.69) is 5.32 Å². The van der Waals surface area contributed by atoms with Crippen molar-refractivity contribution >= 4 is 23.6 Å². The number of carbonyl (C=O) groups excluding carboxylic acids is 1. The summed E-state index contributed by atoms with van der Waals surface area (Å²) in [7, 11) is 0. The zero-order valence-electron chi connectivity index (χ0n) is 10.9. The molecule has 1 amide bonds. The first-order valence-electron chi connectivity index (χ1n) is 6.05. The highest BCUT2D eigenvalue weighted by atomic mass is 35.5. The van der Waals surface area contributed by atoms with Crippen molar-refractivity contribution < 1.29 is 14.3 Å². The van der Waals surface area contributed by atoms with Crippen LogP contribution in [-0.4, -0.2) is 19.2 Å². The number of nitriles is 1. The Bertz CT molecular complexity index is 593. The Hall–Kier alpha value is -2.19. The molecule has 2 rings (SSSR count). The van der Waals surface area contributed by atoms with Crippen LogP contribution in [0.15, 0.2) is 18.2 Å². The van der Waals surface area contributed by atoms with E-state index in [1.807, 2.05) is 6.07 Å². The number of hydrogen-bond donors (Lipinski definition) is 1. The van der Waals surface area contributed by atoms with Crippen LogP contribution in [0.1, 0.15) is 12.5 Å². The molecule has 1 N–H and O–H groups in total. The van der Waals surface area contributed by atoms with Crippen LogP contribution >= 0.6 is 11.6 Å². The molecule has 0 unspecified atom stereocenters. The molecule has 6 heteroatoms. The van der Waals surface area contributed by atoms with Crippen molar-refractivity contribution in [2.45, 2.75) is 6.92 Å². The van der Waals surface area contributed by atoms with Gasteiger partial charge in [-0.05, 0) is 30.7 Å². The molecule has 0 saturated heterocycles. The number of carbonyl (C=O) groups is 1. The van der Waals surface area contributed by atoms with Gasteiger partial charge in [0.2, 0.25) is 12.7 Å². The second-order valence-corrected chi connectivity index (χ2v) is 4.75. The van der Waals surface area contributed by atoms with Crippen LogP contribution < -0.4 is 14.8 Å². The van der Waals surface area contributed by atoms with Gasteiger partial charge in [0.25, 0.3) is 0 Å². The number of hydrogen-bond acceptors (Lipinski definition) is 4. The fourth-order valence-electron chi connectivity index (χ4n) is 1.61. The van der Waals surface area contributed by atoms with Crippen LogP contribution in [0.5, 0.6) is 11.5 Å². The second-order valence-electron chi connectivity index (χ2n) is 4.35. The summed E-state index contributed by atoms with van der Waals surface area (Å²) < 4.78 is 10.4. The van der Waals surface area contributed by atoms with E-state index in [0.29, 0.717) is 23.1 Å². The van der Waals surface area contributed by atoms with Gasteiger partial charge in [-0.3, -0.25) is 4.79 Å². The van der Waals surface area contributed by atoms with Crippen molar-refractivity contribution in [3.63, 3.8) is 0 Å². The molecule has 5 nitrogen and oxygen atoms in total. The lowest BCUT2D eigenvalue weighted by atomic mass is 10.2. The number of nitrogens with zero attached hydrogens (tertiary/aromatic N) is 1. The van der Waals surface area contributed by atoms with E-state index in [0.717, 1.165) is 5.56 Å². The Kier molecular flexibility index (Phi) is 4.49. The zero-order chi connectivity index (χ0) is 14.5. The monoisotopic (exact) mass is 292 g/mol. The van der Waals surface area contributed by atoms with Gasteiger partial charge in [0, 0.05) is 12.6 Å². The predicted molar refractivity (Wildman–Crippen MR) is 74.4 cm³/mol. The first-order chi connectivity index (χ1) is 9.60. The van der Waals surface area contributed by atoms with Gasteiger partial charge in [0.15, 0.2) is 11.5 Å². The van der Waals surface area contributed by atoms with Gasteiger partial charge in [0.05, 0.1) is 17.0 Å². The fourth-order valence-corrected chi connectivity index (χ4v) is 1.89. The summed E-state index contributed by atoms with van der Waals surface area (Å²) in [5.74, 6) is 0.611. The first-order valence-corrected chi connectivity index (χ1v) is 6.42. The summed E-state index contributed by atoms with van der Waals surface area (Å²) in [6.07, 6.45) is 3.01. The number of halogens is 1. The summed E-state index contributed by atoms with van der Waals surface area (Å²) in [5.41, 5.74) is 0.739. The summed E-state index contributed by atoms with van der Waals surface area (Å²) in [6.45, 7) is 2.21. The highest BCUT2D eigenvalue weighted by molar-refractivity contribution is 6.32. The van der Waals surface area contributed by atoms with Gasteiger partial charge in [-0.25, -0.2) is 0 Å². The van der Waals surface area contributed by atoms with Gasteiger partial charge in [-0.2, -0.15) is 5.26 Å². The van der Waals surface area contributed by atoms with E-state index in [4.69, 9.17) is 26.3 Å². The number of rotatable bonds is 4. The zero-order valence-corrected chi connectivity index (χ0v) is 11.6. The molecule has 0 bridgehead atoms. The number of amides is 1. The number of benzene rings is 1. The molecule has 0 fully saturated rings. The smallest absolute Gasteiger partial charge is 0.244 e. The molecular formula is C14H13ClN2O3. The van der Waals surface area contributed by atoms with E-state index in [9.17, 15) is 4.79 Å². The SMILES string of the molecule is C[C@H](C#N)CNC(=O)/C=C/c1cc(Cl)c2c(c1)OCO2. The molecule has 1 aromatic rings. The molecular weight excluding hydrogens is 280 g/mol. The van der Waals surface area contributed by atoms with Crippen molar-refractivity contribution in [3.8, 4) is 17.6 Å². The molecule has 0 aromatic heterocycles. The number of nitrogens with one attached hydrogen (secondary N) is 1. The lowest BCUT2D eigenvalue weighted by molar-refractivity contribution is -0.116. The van der Waals surface area contributed by atoms with Gasteiger partial charge >= 0.3 is 0 Å². The van der Waals surface area contributed by atoms with Crippen LogP contribution in [0.2, 0.25) is 5.02 Å². The third-order valence-electron chi connectivity index (χ3n) is 2.68. The minimum absolute atomic E-state index is 0.148. The molecule has 0 aliphatic carbocycles. The first kappa shape index (κ1) is 14.2. The van der Waals surface area contributed by atoms with Crippen LogP contribution in [0.4, 0.5) is 0 Å². The molecule has 0 radical (unpaired) electrons. The third kappa shape index (κ3) is 3.43. The number of fused-ring (bicyclic) bond motifs is 1. The minimum Gasteiger partial charge on any atom is -0.454 e. The molecule has 1 aliphatic heterocycles. The van der Waals surface area contributed by atoms with E-state index < -0.39 is 0 Å². The quantitative estimate of drug-likeness (QED) is 0.865. The maximum atomic E-state index is 11.6. The van der Waals surface area contributed by atoms with Crippen LogP contribution in [0, 0.1) is 17.2 Å². The van der Waals surface area contributed by atoms with Crippen LogP contribution in [0.3, 0.4) is 0 Å². The molecule has 0 spiro atoms. The molecule has 104 valence electrons. The summed E-state index contributed by atoms with van der Waals surface area (Å²) in [5, 5.41) is 11.7. The standard InChI is InChI=1S/C14H13ClN2O3/c1-9(6-16)7-17-13(18)3-2-10-4-11(15)14-12(5-10)19-8-20-14/h2-5,9H,7-8H2,1H3,(H,17,18)/b3-2+/t9-/m1/s1. The van der Waals surface area contributed by atoms with E-state index in [1.54, 1.807) is 25.1 Å². The molecule has 1 atom stereocenters. The molecule has 1 aliphatic rings. The second kappa shape index (κ2) is 6.31. The Morgan fingerprint density at radius 2 is 2.40 bits per heavy atom.